The maximum absolute atomic E-state index is 5.98. The number of thioether (sulfide) groups is 1. The van der Waals surface area contributed by atoms with E-state index >= 15 is 0 Å². The number of benzene rings is 1. The molecule has 0 saturated carbocycles. The van der Waals surface area contributed by atoms with E-state index in [9.17, 15) is 0 Å². The van der Waals surface area contributed by atoms with Gasteiger partial charge in [0.15, 0.2) is 5.82 Å². The standard InChI is InChI=1S/C13H15N3O2S/c1-17-8-4-5-9(10(14)7-8)13-15-12(16-18-13)11-3-2-6-19-11/h4-5,7,11H,2-3,6,14H2,1H3. The Morgan fingerprint density at radius 2 is 2.37 bits per heavy atom. The average molecular weight is 277 g/mol. The van der Waals surface area contributed by atoms with Gasteiger partial charge in [0.05, 0.1) is 17.9 Å². The summed E-state index contributed by atoms with van der Waals surface area (Å²) in [7, 11) is 1.61. The van der Waals surface area contributed by atoms with Gasteiger partial charge >= 0.3 is 0 Å². The zero-order valence-corrected chi connectivity index (χ0v) is 11.4. The third kappa shape index (κ3) is 2.40. The maximum atomic E-state index is 5.98. The number of hydrogen-bond acceptors (Lipinski definition) is 6. The Morgan fingerprint density at radius 3 is 3.05 bits per heavy atom. The highest BCUT2D eigenvalue weighted by Gasteiger charge is 2.23. The van der Waals surface area contributed by atoms with Crippen LogP contribution in [0, 0.1) is 0 Å². The smallest absolute Gasteiger partial charge is 0.260 e. The Labute approximate surface area is 115 Å². The summed E-state index contributed by atoms with van der Waals surface area (Å²) in [5.41, 5.74) is 7.31. The molecular formula is C13H15N3O2S. The normalized spacial score (nSPS) is 18.7. The van der Waals surface area contributed by atoms with Gasteiger partial charge in [0.1, 0.15) is 5.75 Å². The summed E-state index contributed by atoms with van der Waals surface area (Å²) >= 11 is 1.88. The summed E-state index contributed by atoms with van der Waals surface area (Å²) in [4.78, 5) is 4.46. The molecule has 1 saturated heterocycles. The van der Waals surface area contributed by atoms with Crippen LogP contribution >= 0.6 is 11.8 Å². The fourth-order valence-corrected chi connectivity index (χ4v) is 3.31. The van der Waals surface area contributed by atoms with Crippen molar-refractivity contribution in [2.24, 2.45) is 0 Å². The molecule has 0 bridgehead atoms. The van der Waals surface area contributed by atoms with Crippen LogP contribution in [0.4, 0.5) is 5.69 Å². The van der Waals surface area contributed by atoms with Gasteiger partial charge in [-0.15, -0.1) is 0 Å². The molecule has 2 N–H and O–H groups in total. The summed E-state index contributed by atoms with van der Waals surface area (Å²) < 4.78 is 10.4. The molecule has 5 nitrogen and oxygen atoms in total. The second kappa shape index (κ2) is 5.13. The molecule has 1 aromatic heterocycles. The van der Waals surface area contributed by atoms with E-state index in [1.54, 1.807) is 13.2 Å². The van der Waals surface area contributed by atoms with Crippen LogP contribution in [-0.4, -0.2) is 23.0 Å². The molecule has 1 aromatic carbocycles. The van der Waals surface area contributed by atoms with Crippen molar-refractivity contribution in [2.75, 3.05) is 18.6 Å². The minimum atomic E-state index is 0.358. The van der Waals surface area contributed by atoms with Crippen molar-refractivity contribution in [3.8, 4) is 17.2 Å². The van der Waals surface area contributed by atoms with Gasteiger partial charge in [-0.1, -0.05) is 5.16 Å². The number of anilines is 1. The number of nitrogens with two attached hydrogens (primary N) is 1. The second-order valence-corrected chi connectivity index (χ2v) is 5.72. The van der Waals surface area contributed by atoms with Gasteiger partial charge < -0.3 is 15.0 Å². The molecule has 2 aromatic rings. The lowest BCUT2D eigenvalue weighted by Gasteiger charge is -2.04. The van der Waals surface area contributed by atoms with Crippen LogP contribution < -0.4 is 10.5 Å². The van der Waals surface area contributed by atoms with Gasteiger partial charge in [-0.3, -0.25) is 0 Å². The number of nitrogens with zero attached hydrogens (tertiary/aromatic N) is 2. The molecule has 19 heavy (non-hydrogen) atoms. The molecule has 0 amide bonds. The third-order valence-electron chi connectivity index (χ3n) is 3.15. The van der Waals surface area contributed by atoms with E-state index in [4.69, 9.17) is 15.0 Å². The largest absolute Gasteiger partial charge is 0.497 e. The Balaban J connectivity index is 1.89. The molecule has 1 aliphatic rings. The SMILES string of the molecule is COc1ccc(-c2nc(C3CCCS3)no2)c(N)c1. The lowest BCUT2D eigenvalue weighted by molar-refractivity contribution is 0.414. The average Bonchev–Trinajstić information content (AvgIpc) is 3.09. The van der Waals surface area contributed by atoms with Crippen molar-refractivity contribution in [2.45, 2.75) is 18.1 Å². The molecule has 1 atom stereocenters. The number of methoxy groups -OCH3 is 1. The number of rotatable bonds is 3. The van der Waals surface area contributed by atoms with E-state index in [2.05, 4.69) is 10.1 Å². The highest BCUT2D eigenvalue weighted by molar-refractivity contribution is 7.99. The Kier molecular flexibility index (Phi) is 3.33. The number of nitrogen functional groups attached to an aromatic ring is 1. The predicted octanol–water partition coefficient (Wildman–Crippen LogP) is 2.90. The topological polar surface area (TPSA) is 74.2 Å². The Hall–Kier alpha value is -1.69. The summed E-state index contributed by atoms with van der Waals surface area (Å²) in [6, 6.07) is 5.43. The van der Waals surface area contributed by atoms with Gasteiger partial charge in [0.2, 0.25) is 0 Å². The monoisotopic (exact) mass is 277 g/mol. The van der Waals surface area contributed by atoms with Gasteiger partial charge in [-0.2, -0.15) is 16.7 Å². The minimum Gasteiger partial charge on any atom is -0.497 e. The van der Waals surface area contributed by atoms with Crippen molar-refractivity contribution < 1.29 is 9.26 Å². The zero-order chi connectivity index (χ0) is 13.2. The molecule has 3 rings (SSSR count). The van der Waals surface area contributed by atoms with Gasteiger partial charge in [0.25, 0.3) is 5.89 Å². The molecule has 2 heterocycles. The van der Waals surface area contributed by atoms with Crippen molar-refractivity contribution >= 4 is 17.4 Å². The summed E-state index contributed by atoms with van der Waals surface area (Å²) in [5.74, 6) is 3.13. The first kappa shape index (κ1) is 12.3. The van der Waals surface area contributed by atoms with Gasteiger partial charge in [-0.25, -0.2) is 0 Å². The van der Waals surface area contributed by atoms with Crippen LogP contribution in [0.25, 0.3) is 11.5 Å². The van der Waals surface area contributed by atoms with E-state index in [-0.39, 0.29) is 0 Å². The van der Waals surface area contributed by atoms with Crippen molar-refractivity contribution in [1.82, 2.24) is 10.1 Å². The van der Waals surface area contributed by atoms with Crippen LogP contribution in [-0.2, 0) is 0 Å². The number of aromatic nitrogens is 2. The minimum absolute atomic E-state index is 0.358. The van der Waals surface area contributed by atoms with E-state index in [0.29, 0.717) is 22.6 Å². The number of hydrogen-bond donors (Lipinski definition) is 1. The van der Waals surface area contributed by atoms with E-state index in [0.717, 1.165) is 17.8 Å². The molecule has 0 radical (unpaired) electrons. The molecule has 0 aliphatic carbocycles. The van der Waals surface area contributed by atoms with Crippen LogP contribution in [0.15, 0.2) is 22.7 Å². The molecule has 1 aliphatic heterocycles. The van der Waals surface area contributed by atoms with Crippen LogP contribution in [0.1, 0.15) is 23.9 Å². The Morgan fingerprint density at radius 1 is 1.47 bits per heavy atom. The van der Waals surface area contributed by atoms with Crippen molar-refractivity contribution in [1.29, 1.82) is 0 Å². The highest BCUT2D eigenvalue weighted by atomic mass is 32.2. The third-order valence-corrected chi connectivity index (χ3v) is 4.52. The molecule has 100 valence electrons. The summed E-state index contributed by atoms with van der Waals surface area (Å²) in [6.07, 6.45) is 2.33. The van der Waals surface area contributed by atoms with Crippen molar-refractivity contribution in [3.05, 3.63) is 24.0 Å². The predicted molar refractivity (Wildman–Crippen MR) is 75.1 cm³/mol. The summed E-state index contributed by atoms with van der Waals surface area (Å²) in [5, 5.41) is 4.42. The van der Waals surface area contributed by atoms with Crippen LogP contribution in [0.3, 0.4) is 0 Å². The van der Waals surface area contributed by atoms with E-state index < -0.39 is 0 Å². The van der Waals surface area contributed by atoms with E-state index in [1.165, 1.54) is 12.2 Å². The second-order valence-electron chi connectivity index (χ2n) is 4.41. The Bertz CT molecular complexity index is 579. The maximum Gasteiger partial charge on any atom is 0.260 e. The molecule has 6 heteroatoms. The van der Waals surface area contributed by atoms with Gasteiger partial charge in [-0.05, 0) is 30.7 Å². The van der Waals surface area contributed by atoms with E-state index in [1.807, 2.05) is 23.9 Å². The lowest BCUT2D eigenvalue weighted by Crippen LogP contribution is -1.93. The number of ether oxygens (including phenoxy) is 1. The lowest BCUT2D eigenvalue weighted by atomic mass is 10.1. The molecule has 0 spiro atoms. The quantitative estimate of drug-likeness (QED) is 0.869. The first-order chi connectivity index (χ1) is 9.28. The molecular weight excluding hydrogens is 262 g/mol. The first-order valence-corrected chi connectivity index (χ1v) is 7.22. The fourth-order valence-electron chi connectivity index (χ4n) is 2.12. The van der Waals surface area contributed by atoms with Crippen LogP contribution in [0.5, 0.6) is 5.75 Å². The molecule has 1 unspecified atom stereocenters. The first-order valence-electron chi connectivity index (χ1n) is 6.17. The summed E-state index contributed by atoms with van der Waals surface area (Å²) in [6.45, 7) is 0. The fraction of sp³-hybridized carbons (Fsp3) is 0.385. The van der Waals surface area contributed by atoms with Crippen LogP contribution in [0.2, 0.25) is 0 Å². The van der Waals surface area contributed by atoms with Crippen molar-refractivity contribution in [3.63, 3.8) is 0 Å². The van der Waals surface area contributed by atoms with Gasteiger partial charge in [0, 0.05) is 11.8 Å². The highest BCUT2D eigenvalue weighted by Crippen LogP contribution is 2.39. The molecule has 1 fully saturated rings. The zero-order valence-electron chi connectivity index (χ0n) is 10.6.